The molecule has 0 saturated heterocycles. The van der Waals surface area contributed by atoms with Gasteiger partial charge in [-0.3, -0.25) is 28.5 Å². The van der Waals surface area contributed by atoms with Crippen LogP contribution in [0.25, 0.3) is 0 Å². The number of aryl methyl sites for hydroxylation is 2. The molecule has 4 amide bonds. The summed E-state index contributed by atoms with van der Waals surface area (Å²) in [4.78, 5) is 56.0. The number of aliphatic hydroxyl groups excluding tert-OH is 2. The van der Waals surface area contributed by atoms with E-state index in [1.165, 1.54) is 46.9 Å². The summed E-state index contributed by atoms with van der Waals surface area (Å²) in [5.41, 5.74) is 14.5. The molecule has 22 nitrogen and oxygen atoms in total. The highest BCUT2D eigenvalue weighted by molar-refractivity contribution is 7.94. The van der Waals surface area contributed by atoms with E-state index in [2.05, 4.69) is 20.8 Å². The molecule has 24 heteroatoms. The van der Waals surface area contributed by atoms with E-state index in [9.17, 15) is 46.2 Å². The van der Waals surface area contributed by atoms with Crippen LogP contribution in [0.4, 0.5) is 0 Å². The third kappa shape index (κ3) is 10.8. The van der Waals surface area contributed by atoms with Gasteiger partial charge in [0.2, 0.25) is 0 Å². The summed E-state index contributed by atoms with van der Waals surface area (Å²) in [6.45, 7) is 13.3. The summed E-state index contributed by atoms with van der Waals surface area (Å²) >= 11 is 0. The van der Waals surface area contributed by atoms with Crippen LogP contribution in [0, 0.1) is 22.7 Å². The molecule has 420 valence electrons. The van der Waals surface area contributed by atoms with Crippen molar-refractivity contribution in [2.45, 2.75) is 149 Å². The third-order valence-corrected chi connectivity index (χ3v) is 22.4. The van der Waals surface area contributed by atoms with Crippen LogP contribution in [0.1, 0.15) is 156 Å². The van der Waals surface area contributed by atoms with Crippen LogP contribution in [0.3, 0.4) is 0 Å². The first-order valence-electron chi connectivity index (χ1n) is 25.8. The topological polar surface area (TPSA) is 343 Å². The maximum atomic E-state index is 13.8. The second-order valence-corrected chi connectivity index (χ2v) is 29.4. The van der Waals surface area contributed by atoms with E-state index in [4.69, 9.17) is 22.0 Å². The molecule has 2 aromatic heterocycles. The lowest BCUT2D eigenvalue weighted by atomic mass is 9.89. The second kappa shape index (κ2) is 20.9. The Morgan fingerprint density at radius 1 is 0.628 bits per heavy atom. The zero-order valence-electron chi connectivity index (χ0n) is 46.0. The van der Waals surface area contributed by atoms with Gasteiger partial charge in [0.25, 0.3) is 23.6 Å². The van der Waals surface area contributed by atoms with Gasteiger partial charge < -0.3 is 42.1 Å². The third-order valence-electron chi connectivity index (χ3n) is 15.9. The highest BCUT2D eigenvalue weighted by atomic mass is 32.2. The van der Waals surface area contributed by atoms with Gasteiger partial charge in [0, 0.05) is 75.6 Å². The van der Waals surface area contributed by atoms with Crippen LogP contribution in [-0.2, 0) is 59.7 Å². The maximum Gasteiger partial charge on any atom is 0.272 e. The van der Waals surface area contributed by atoms with Crippen molar-refractivity contribution < 1.29 is 46.2 Å². The van der Waals surface area contributed by atoms with Gasteiger partial charge in [0.1, 0.15) is 11.4 Å². The average Bonchev–Trinajstić information content (AvgIpc) is 4.46. The molecule has 2 fully saturated rings. The van der Waals surface area contributed by atoms with Crippen LogP contribution in [0.5, 0.6) is 0 Å². The number of amides is 4. The molecule has 4 aromatic rings. The molecule has 0 radical (unpaired) electrons. The fourth-order valence-corrected chi connectivity index (χ4v) is 16.3. The Kier molecular flexibility index (Phi) is 15.9. The number of aliphatic hydroxyl groups is 2. The summed E-state index contributed by atoms with van der Waals surface area (Å²) in [6, 6.07) is 17.8. The van der Waals surface area contributed by atoms with Gasteiger partial charge in [-0.1, -0.05) is 24.3 Å². The molecule has 2 atom stereocenters. The van der Waals surface area contributed by atoms with Crippen LogP contribution in [0.15, 0.2) is 48.5 Å². The van der Waals surface area contributed by atoms with Crippen molar-refractivity contribution in [3.63, 3.8) is 0 Å². The van der Waals surface area contributed by atoms with Gasteiger partial charge in [-0.15, -0.1) is 0 Å². The summed E-state index contributed by atoms with van der Waals surface area (Å²) in [5.74, 6) is -1.59. The van der Waals surface area contributed by atoms with Crippen molar-refractivity contribution in [3.05, 3.63) is 105 Å². The van der Waals surface area contributed by atoms with Crippen LogP contribution in [-0.4, -0.2) is 148 Å². The number of benzene rings is 2. The van der Waals surface area contributed by atoms with E-state index in [-0.39, 0.29) is 73.9 Å². The number of rotatable bonds is 18. The zero-order chi connectivity index (χ0) is 57.9. The molecule has 2 saturated carbocycles. The quantitative estimate of drug-likeness (QED) is 0.0831. The van der Waals surface area contributed by atoms with E-state index in [0.717, 1.165) is 11.1 Å². The Balaban J connectivity index is 0.000000226. The number of nitrogens with zero attached hydrogens (tertiary/aromatic N) is 8. The summed E-state index contributed by atoms with van der Waals surface area (Å²) in [7, 11) is -4.61. The Labute approximate surface area is 456 Å². The summed E-state index contributed by atoms with van der Waals surface area (Å²) < 4.78 is 52.6. The normalized spacial score (nSPS) is 17.8. The zero-order valence-corrected chi connectivity index (χ0v) is 47.6. The molecular weight excluding hydrogens is 1040 g/mol. The molecular formula is C54H72N12O10S2. The Morgan fingerprint density at radius 2 is 0.936 bits per heavy atom. The predicted octanol–water partition coefficient (Wildman–Crippen LogP) is 2.09. The van der Waals surface area contributed by atoms with Gasteiger partial charge in [0.15, 0.2) is 31.1 Å². The first-order valence-corrected chi connectivity index (χ1v) is 28.7. The molecule has 0 spiro atoms. The highest BCUT2D eigenvalue weighted by Gasteiger charge is 2.65. The van der Waals surface area contributed by atoms with Crippen molar-refractivity contribution in [2.24, 2.45) is 25.6 Å². The van der Waals surface area contributed by atoms with Crippen LogP contribution < -0.4 is 22.1 Å². The smallest absolute Gasteiger partial charge is 0.272 e. The largest absolute Gasteiger partial charge is 0.390 e. The number of aromatic nitrogens is 4. The lowest BCUT2D eigenvalue weighted by Crippen LogP contribution is -2.62. The fourth-order valence-electron chi connectivity index (χ4n) is 10.9. The minimum Gasteiger partial charge on any atom is -0.390 e. The number of nitriles is 2. The predicted molar refractivity (Wildman–Crippen MR) is 289 cm³/mol. The number of nitrogens with two attached hydrogens (primary N) is 2. The van der Waals surface area contributed by atoms with E-state index in [1.54, 1.807) is 90.3 Å². The average molecular weight is 1110 g/mol. The standard InChI is InChI=1S/2C27H36N6O5S/c2*1-25(2,29)24(36)26(3,4)39(37,38)27(11-12-27)16-33-13-10-19-20(31-32(5)21(19)23(33)35)22(34)30-15-18-8-6-17(14-28)7-9-18/h2*6-9,24,36H,10-13,15-16,29H2,1-5H3,(H,30,34). The number of carbonyl (C=O) groups excluding carboxylic acids is 4. The van der Waals surface area contributed by atoms with Crippen molar-refractivity contribution >= 4 is 43.3 Å². The first kappa shape index (κ1) is 59.1. The number of hydrogen-bond donors (Lipinski definition) is 6. The fraction of sp³-hybridized carbons (Fsp3) is 0.556. The molecule has 2 aromatic carbocycles. The van der Waals surface area contributed by atoms with Crippen molar-refractivity contribution in [1.82, 2.24) is 40.0 Å². The summed E-state index contributed by atoms with van der Waals surface area (Å²) in [6.07, 6.45) is -0.345. The molecule has 4 heterocycles. The number of sulfone groups is 2. The molecule has 8 N–H and O–H groups in total. The van der Waals surface area contributed by atoms with E-state index in [0.29, 0.717) is 60.8 Å². The highest BCUT2D eigenvalue weighted by Crippen LogP contribution is 2.52. The van der Waals surface area contributed by atoms with Crippen molar-refractivity contribution in [2.75, 3.05) is 26.2 Å². The SMILES string of the molecule is Cn1nc(C(=O)NCc2ccc(C#N)cc2)c2c1C(=O)N(CC1(S(=O)(=O)C(C)(C)C(O)C(C)(C)N)CC1)CC2.Cn1nc(C(=O)NCc2ccc(C#N)cc2)c2c1C(=O)N(CC1(S(=O)(=O)C(C)(C)C(O)C(C)(C)N)CC1)CC2. The number of nitrogens with one attached hydrogen (secondary N) is 2. The number of hydrogen-bond acceptors (Lipinski definition) is 16. The van der Waals surface area contributed by atoms with Gasteiger partial charge in [0.05, 0.1) is 54.5 Å². The molecule has 2 aliphatic carbocycles. The lowest BCUT2D eigenvalue weighted by Gasteiger charge is -2.41. The van der Waals surface area contributed by atoms with Gasteiger partial charge >= 0.3 is 0 Å². The van der Waals surface area contributed by atoms with Gasteiger partial charge in [-0.05, 0) is 129 Å². The maximum absolute atomic E-state index is 13.8. The Morgan fingerprint density at radius 3 is 1.21 bits per heavy atom. The van der Waals surface area contributed by atoms with E-state index in [1.807, 2.05) is 12.1 Å². The molecule has 2 aliphatic heterocycles. The Bertz CT molecular complexity index is 3110. The minimum atomic E-state index is -3.89. The van der Waals surface area contributed by atoms with Crippen molar-refractivity contribution in [3.8, 4) is 12.1 Å². The number of fused-ring (bicyclic) bond motifs is 2. The van der Waals surface area contributed by atoms with Crippen LogP contribution >= 0.6 is 0 Å². The summed E-state index contributed by atoms with van der Waals surface area (Å²) in [5, 5.41) is 53.8. The van der Waals surface area contributed by atoms with Gasteiger partial charge in [-0.2, -0.15) is 20.7 Å². The van der Waals surface area contributed by atoms with E-state index >= 15 is 0 Å². The minimum absolute atomic E-state index is 0.000158. The molecule has 8 rings (SSSR count). The van der Waals surface area contributed by atoms with Gasteiger partial charge in [-0.25, -0.2) is 16.8 Å². The van der Waals surface area contributed by atoms with Crippen LogP contribution in [0.2, 0.25) is 0 Å². The number of carbonyl (C=O) groups is 4. The molecule has 2 unspecified atom stereocenters. The molecule has 4 aliphatic rings. The van der Waals surface area contributed by atoms with E-state index < -0.39 is 73.8 Å². The molecule has 78 heavy (non-hydrogen) atoms. The lowest BCUT2D eigenvalue weighted by molar-refractivity contribution is 0.0689. The molecule has 0 bridgehead atoms. The monoisotopic (exact) mass is 1110 g/mol. The Hall–Kier alpha value is -6.54. The first-order chi connectivity index (χ1) is 36.1. The second-order valence-electron chi connectivity index (χ2n) is 23.6. The van der Waals surface area contributed by atoms with Crippen molar-refractivity contribution in [1.29, 1.82) is 10.5 Å².